The summed E-state index contributed by atoms with van der Waals surface area (Å²) in [6, 6.07) is 15.0. The third-order valence-electron chi connectivity index (χ3n) is 6.65. The van der Waals surface area contributed by atoms with Crippen LogP contribution in [0.4, 0.5) is 5.82 Å². The number of carbonyl (C=O) groups is 2. The summed E-state index contributed by atoms with van der Waals surface area (Å²) >= 11 is 6.87. The molecule has 4 heterocycles. The number of hydrogen-bond donors (Lipinski definition) is 2. The third-order valence-corrected chi connectivity index (χ3v) is 9.37. The first kappa shape index (κ1) is 22.5. The molecule has 0 radical (unpaired) electrons. The second kappa shape index (κ2) is 8.58. The third kappa shape index (κ3) is 3.69. The summed E-state index contributed by atoms with van der Waals surface area (Å²) in [5.74, 6) is -0.267. The molecule has 6 nitrogen and oxygen atoms in total. The number of thiophene rings is 2. The lowest BCUT2D eigenvalue weighted by Crippen LogP contribution is -2.30. The number of aromatic carboxylic acids is 1. The monoisotopic (exact) mass is 565 g/mol. The molecule has 0 saturated carbocycles. The van der Waals surface area contributed by atoms with Crippen LogP contribution in [0.1, 0.15) is 56.0 Å². The number of aromatic nitrogens is 2. The summed E-state index contributed by atoms with van der Waals surface area (Å²) in [6.07, 6.45) is 1.20. The number of allylic oxidation sites excluding steroid dienone is 2. The van der Waals surface area contributed by atoms with Crippen LogP contribution in [0.3, 0.4) is 0 Å². The molecule has 0 spiro atoms. The van der Waals surface area contributed by atoms with E-state index in [1.807, 2.05) is 30.5 Å². The van der Waals surface area contributed by atoms with Gasteiger partial charge in [-0.05, 0) is 65.0 Å². The Hall–Kier alpha value is -3.01. The Morgan fingerprint density at radius 2 is 1.97 bits per heavy atom. The van der Waals surface area contributed by atoms with E-state index in [9.17, 15) is 14.7 Å². The summed E-state index contributed by atoms with van der Waals surface area (Å²) in [5.41, 5.74) is 4.04. The second-order valence-corrected chi connectivity index (χ2v) is 12.2. The van der Waals surface area contributed by atoms with Gasteiger partial charge in [-0.25, -0.2) is 9.48 Å². The van der Waals surface area contributed by atoms with Crippen LogP contribution in [0.15, 0.2) is 69.0 Å². The van der Waals surface area contributed by atoms with E-state index < -0.39 is 5.97 Å². The van der Waals surface area contributed by atoms with Crippen molar-refractivity contribution < 1.29 is 14.7 Å². The maximum atomic E-state index is 13.7. The lowest BCUT2D eigenvalue weighted by Gasteiger charge is -2.35. The number of carbonyl (C=O) groups excluding carboxylic acids is 1. The normalized spacial score (nSPS) is 19.3. The molecule has 3 aromatic heterocycles. The van der Waals surface area contributed by atoms with Crippen molar-refractivity contribution in [1.82, 2.24) is 9.78 Å². The highest BCUT2D eigenvalue weighted by Gasteiger charge is 2.42. The highest BCUT2D eigenvalue weighted by Crippen LogP contribution is 2.51. The van der Waals surface area contributed by atoms with E-state index in [0.717, 1.165) is 43.4 Å². The molecule has 0 unspecified atom stereocenters. The van der Waals surface area contributed by atoms with Crippen LogP contribution in [0, 0.1) is 6.92 Å². The van der Waals surface area contributed by atoms with Gasteiger partial charge in [0.25, 0.3) is 0 Å². The van der Waals surface area contributed by atoms with Crippen molar-refractivity contribution in [3.05, 3.63) is 95.5 Å². The quantitative estimate of drug-likeness (QED) is 0.287. The van der Waals surface area contributed by atoms with Crippen LogP contribution in [-0.4, -0.2) is 26.6 Å². The number of aryl methyl sites for hydroxylation is 1. The largest absolute Gasteiger partial charge is 0.478 e. The molecule has 6 rings (SSSR count). The number of Topliss-reactive ketones (excluding diaryl/α,β-unsaturated/α-hetero) is 1. The van der Waals surface area contributed by atoms with Crippen molar-refractivity contribution in [3.63, 3.8) is 0 Å². The highest BCUT2D eigenvalue weighted by atomic mass is 79.9. The minimum atomic E-state index is -1.01. The molecule has 35 heavy (non-hydrogen) atoms. The van der Waals surface area contributed by atoms with E-state index in [1.165, 1.54) is 4.88 Å². The van der Waals surface area contributed by atoms with Crippen molar-refractivity contribution in [2.75, 3.05) is 5.32 Å². The highest BCUT2D eigenvalue weighted by molar-refractivity contribution is 9.11. The number of fused-ring (bicyclic) bond motifs is 1. The van der Waals surface area contributed by atoms with E-state index in [0.29, 0.717) is 12.1 Å². The fraction of sp³-hybridized carbons (Fsp3) is 0.192. The molecule has 2 aliphatic rings. The predicted molar refractivity (Wildman–Crippen MR) is 141 cm³/mol. The predicted octanol–water partition coefficient (Wildman–Crippen LogP) is 6.72. The van der Waals surface area contributed by atoms with E-state index in [4.69, 9.17) is 5.10 Å². The summed E-state index contributed by atoms with van der Waals surface area (Å²) in [4.78, 5) is 27.9. The molecular weight excluding hydrogens is 546 g/mol. The van der Waals surface area contributed by atoms with Gasteiger partial charge >= 0.3 is 5.97 Å². The fourth-order valence-corrected chi connectivity index (χ4v) is 7.56. The van der Waals surface area contributed by atoms with Gasteiger partial charge in [0.1, 0.15) is 5.82 Å². The summed E-state index contributed by atoms with van der Waals surface area (Å²) in [5, 5.41) is 20.2. The van der Waals surface area contributed by atoms with E-state index in [2.05, 4.69) is 33.4 Å². The van der Waals surface area contributed by atoms with E-state index in [-0.39, 0.29) is 23.2 Å². The average Bonchev–Trinajstić information content (AvgIpc) is 3.59. The Bertz CT molecular complexity index is 1520. The van der Waals surface area contributed by atoms with Gasteiger partial charge in [-0.15, -0.1) is 22.7 Å². The number of ketones is 1. The number of halogens is 1. The molecule has 1 aliphatic heterocycles. The van der Waals surface area contributed by atoms with E-state index in [1.54, 1.807) is 45.6 Å². The standard InChI is InChI=1S/C26H20BrN3O3S2/c1-13-22-24(20-8-9-21(27)35-20)23-16(11-14(12-18(23)31)19-7-4-10-34-19)28-25(22)30(29-13)17-6-3-2-5-15(17)26(32)33/h2-10,14,24,28H,11-12H2,1H3,(H,32,33)/t14-,24+/m0/s1. The van der Waals surface area contributed by atoms with Gasteiger partial charge in [0.05, 0.1) is 26.6 Å². The fourth-order valence-electron chi connectivity index (χ4n) is 5.18. The molecule has 9 heteroatoms. The average molecular weight is 567 g/mol. The van der Waals surface area contributed by atoms with Crippen LogP contribution in [0.2, 0.25) is 0 Å². The number of nitrogens with one attached hydrogen (secondary N) is 1. The zero-order valence-electron chi connectivity index (χ0n) is 18.6. The Kier molecular flexibility index (Phi) is 5.51. The van der Waals surface area contributed by atoms with Crippen LogP contribution in [0.5, 0.6) is 0 Å². The number of carboxylic acids is 1. The van der Waals surface area contributed by atoms with Crippen LogP contribution < -0.4 is 5.32 Å². The number of benzene rings is 1. The molecule has 176 valence electrons. The lowest BCUT2D eigenvalue weighted by atomic mass is 9.75. The first-order chi connectivity index (χ1) is 16.9. The smallest absolute Gasteiger partial charge is 0.337 e. The lowest BCUT2D eigenvalue weighted by molar-refractivity contribution is -0.116. The second-order valence-electron chi connectivity index (χ2n) is 8.72. The zero-order chi connectivity index (χ0) is 24.3. The Labute approximate surface area is 218 Å². The van der Waals surface area contributed by atoms with Crippen molar-refractivity contribution in [2.24, 2.45) is 0 Å². The number of nitrogens with zero attached hydrogens (tertiary/aromatic N) is 2. The molecule has 2 N–H and O–H groups in total. The maximum Gasteiger partial charge on any atom is 0.337 e. The number of hydrogen-bond acceptors (Lipinski definition) is 6. The molecule has 0 fully saturated rings. The van der Waals surface area contributed by atoms with Gasteiger partial charge in [-0.3, -0.25) is 4.79 Å². The summed E-state index contributed by atoms with van der Waals surface area (Å²) < 4.78 is 2.68. The molecule has 0 bridgehead atoms. The van der Waals surface area contributed by atoms with Crippen molar-refractivity contribution >= 4 is 56.2 Å². The number of anilines is 1. The number of rotatable bonds is 4. The van der Waals surface area contributed by atoms with Gasteiger partial charge in [0, 0.05) is 38.9 Å². The van der Waals surface area contributed by atoms with Crippen molar-refractivity contribution in [3.8, 4) is 5.69 Å². The Morgan fingerprint density at radius 1 is 1.14 bits per heavy atom. The van der Waals surface area contributed by atoms with Gasteiger partial charge in [0.2, 0.25) is 0 Å². The number of carboxylic acid groups (broad SMARTS) is 1. The minimum absolute atomic E-state index is 0.120. The van der Waals surface area contributed by atoms with Gasteiger partial charge in [0.15, 0.2) is 5.78 Å². The summed E-state index contributed by atoms with van der Waals surface area (Å²) in [7, 11) is 0. The van der Waals surface area contributed by atoms with Crippen LogP contribution >= 0.6 is 38.6 Å². The molecule has 4 aromatic rings. The Balaban J connectivity index is 1.56. The minimum Gasteiger partial charge on any atom is -0.478 e. The summed E-state index contributed by atoms with van der Waals surface area (Å²) in [6.45, 7) is 1.92. The molecule has 0 amide bonds. The maximum absolute atomic E-state index is 13.7. The molecule has 0 saturated heterocycles. The van der Waals surface area contributed by atoms with E-state index >= 15 is 0 Å². The molecule has 1 aromatic carbocycles. The number of para-hydroxylation sites is 1. The first-order valence-corrected chi connectivity index (χ1v) is 13.7. The van der Waals surface area contributed by atoms with Crippen LogP contribution in [0.25, 0.3) is 5.69 Å². The topological polar surface area (TPSA) is 84.2 Å². The van der Waals surface area contributed by atoms with Gasteiger partial charge in [-0.2, -0.15) is 5.10 Å². The van der Waals surface area contributed by atoms with Crippen molar-refractivity contribution in [2.45, 2.75) is 31.6 Å². The zero-order valence-corrected chi connectivity index (χ0v) is 21.8. The SMILES string of the molecule is Cc1nn(-c2ccccc2C(=O)O)c2c1[C@@H](c1ccc(Br)s1)C1=C(C[C@H](c3cccs3)CC1=O)N2. The Morgan fingerprint density at radius 3 is 2.69 bits per heavy atom. The molecule has 2 atom stereocenters. The molecule has 1 aliphatic carbocycles. The van der Waals surface area contributed by atoms with Crippen LogP contribution in [-0.2, 0) is 4.79 Å². The molecular formula is C26H20BrN3O3S2. The van der Waals surface area contributed by atoms with Gasteiger partial charge < -0.3 is 10.4 Å². The van der Waals surface area contributed by atoms with Crippen molar-refractivity contribution in [1.29, 1.82) is 0 Å². The first-order valence-electron chi connectivity index (χ1n) is 11.2. The van der Waals surface area contributed by atoms with Gasteiger partial charge in [-0.1, -0.05) is 18.2 Å².